The van der Waals surface area contributed by atoms with Crippen LogP contribution in [0.4, 0.5) is 5.69 Å². The summed E-state index contributed by atoms with van der Waals surface area (Å²) in [6.07, 6.45) is 5.68. The van der Waals surface area contributed by atoms with Gasteiger partial charge in [0.25, 0.3) is 5.91 Å². The topological polar surface area (TPSA) is 222 Å². The Balaban J connectivity index is 0.971. The van der Waals surface area contributed by atoms with Crippen molar-refractivity contribution in [3.63, 3.8) is 0 Å². The van der Waals surface area contributed by atoms with Crippen LogP contribution in [-0.2, 0) is 61.1 Å². The van der Waals surface area contributed by atoms with Crippen molar-refractivity contribution in [2.24, 2.45) is 10.8 Å². The van der Waals surface area contributed by atoms with E-state index in [1.165, 1.54) is 16.0 Å². The highest BCUT2D eigenvalue weighted by Gasteiger charge is 2.47. The molecule has 8 N–H and O–H groups in total. The number of carbonyl (C=O) groups is 7. The second-order valence-corrected chi connectivity index (χ2v) is 25.1. The van der Waals surface area contributed by atoms with Crippen molar-refractivity contribution in [3.8, 4) is 0 Å². The Labute approximate surface area is 482 Å². The molecule has 0 radical (unpaired) electrons. The van der Waals surface area contributed by atoms with Crippen LogP contribution in [-0.4, -0.2) is 114 Å². The number of likely N-dealkylation sites (N-methyl/N-ethyl adjacent to an activating group) is 2. The number of amides is 7. The van der Waals surface area contributed by atoms with Crippen molar-refractivity contribution in [1.82, 2.24) is 47.0 Å². The van der Waals surface area contributed by atoms with Crippen molar-refractivity contribution in [3.05, 3.63) is 134 Å². The van der Waals surface area contributed by atoms with Gasteiger partial charge in [-0.2, -0.15) is 0 Å². The van der Waals surface area contributed by atoms with Crippen molar-refractivity contribution in [1.29, 1.82) is 0 Å². The third-order valence-corrected chi connectivity index (χ3v) is 17.1. The maximum absolute atomic E-state index is 14.9. The molecular weight excluding hydrogens is 1040 g/mol. The molecule has 7 amide bonds. The smallest absolute Gasteiger partial charge is 0.251 e. The van der Waals surface area contributed by atoms with Gasteiger partial charge in [-0.25, -0.2) is 0 Å². The van der Waals surface area contributed by atoms with Gasteiger partial charge in [0.2, 0.25) is 35.4 Å². The Hall–Kier alpha value is -6.82. The number of hydrogen-bond acceptors (Lipinski definition) is 10. The third-order valence-electron chi connectivity index (χ3n) is 16.8. The second-order valence-electron chi connectivity index (χ2n) is 24.7. The Morgan fingerprint density at radius 3 is 1.68 bits per heavy atom. The molecule has 2 aliphatic heterocycles. The molecule has 2 heterocycles. The van der Waals surface area contributed by atoms with Gasteiger partial charge in [-0.15, -0.1) is 0 Å². The van der Waals surface area contributed by atoms with Crippen molar-refractivity contribution < 1.29 is 33.6 Å². The quantitative estimate of drug-likeness (QED) is 0.0568. The van der Waals surface area contributed by atoms with E-state index in [0.717, 1.165) is 66.5 Å². The molecule has 81 heavy (non-hydrogen) atoms. The molecule has 1 fully saturated rings. The molecule has 4 aliphatic rings. The van der Waals surface area contributed by atoms with Crippen molar-refractivity contribution in [2.45, 2.75) is 174 Å². The molecule has 434 valence electrons. The molecule has 17 nitrogen and oxygen atoms in total. The highest BCUT2D eigenvalue weighted by atomic mass is 35.5. The molecule has 0 saturated carbocycles. The lowest BCUT2D eigenvalue weighted by Gasteiger charge is -2.42. The fourth-order valence-corrected chi connectivity index (χ4v) is 11.9. The average molecular weight is 1130 g/mol. The molecule has 8 rings (SSSR count). The zero-order chi connectivity index (χ0) is 58.5. The van der Waals surface area contributed by atoms with Gasteiger partial charge >= 0.3 is 0 Å². The Morgan fingerprint density at radius 1 is 0.617 bits per heavy atom. The summed E-state index contributed by atoms with van der Waals surface area (Å²) in [6, 6.07) is 21.4. The highest BCUT2D eigenvalue weighted by Crippen LogP contribution is 2.35. The van der Waals surface area contributed by atoms with Crippen LogP contribution in [0.2, 0.25) is 5.02 Å². The Bertz CT molecular complexity index is 3010. The number of halogens is 1. The maximum Gasteiger partial charge on any atom is 0.251 e. The van der Waals surface area contributed by atoms with Crippen LogP contribution in [0.1, 0.15) is 149 Å². The summed E-state index contributed by atoms with van der Waals surface area (Å²) in [5.41, 5.74) is 6.69. The van der Waals surface area contributed by atoms with E-state index < -0.39 is 64.9 Å². The van der Waals surface area contributed by atoms with Crippen LogP contribution in [0, 0.1) is 10.8 Å². The summed E-state index contributed by atoms with van der Waals surface area (Å²) in [7, 11) is 3.35. The standard InChI is InChI=1S/C63H83ClN10O7/c1-36(65-9)55(75)71-53(62(3,4)5)60(80)73-34-43-29-44(28-27-40(43)31-51(73)58(78)69-49-23-15-19-38-17-11-13-21-46(38)49)67-33-42-26-25-41(30-48(42)64)57(77)68-45-32-52(59(79)70-50-24-16-20-39-18-12-14-22-47(39)50)74(35-45)61(81)54(63(6,7)8)72-56(76)37(2)66-10/h11-14,17-18,21-22,25-30,36-37,45,49-54,65-67H,15-16,19-20,23-24,31-35H2,1-10H3,(H,68,77)(H,69,78)(H,70,79)(H,71,75)(H,72,76)/t36-,37?,45?,49?,50?,51?,52?,53?,54?/m0/s1. The minimum atomic E-state index is -0.962. The van der Waals surface area contributed by atoms with Gasteiger partial charge in [-0.3, -0.25) is 33.6 Å². The number of benzene rings is 4. The number of fused-ring (bicyclic) bond motifs is 3. The average Bonchev–Trinajstić information content (AvgIpc) is 4.04. The summed E-state index contributed by atoms with van der Waals surface area (Å²) in [4.78, 5) is 102. The van der Waals surface area contributed by atoms with E-state index in [-0.39, 0.29) is 67.6 Å². The molecule has 4 aromatic carbocycles. The summed E-state index contributed by atoms with van der Waals surface area (Å²) in [6.45, 7) is 15.2. The molecule has 18 heteroatoms. The van der Waals surface area contributed by atoms with E-state index in [4.69, 9.17) is 11.6 Å². The fraction of sp³-hybridized carbons (Fsp3) is 0.508. The van der Waals surface area contributed by atoms with E-state index in [2.05, 4.69) is 60.7 Å². The lowest BCUT2D eigenvalue weighted by Crippen LogP contribution is -2.62. The molecule has 1 saturated heterocycles. The molecule has 2 aliphatic carbocycles. The summed E-state index contributed by atoms with van der Waals surface area (Å²) >= 11 is 6.93. The summed E-state index contributed by atoms with van der Waals surface area (Å²) in [5, 5.41) is 25.2. The normalized spacial score (nSPS) is 21.1. The molecule has 9 atom stereocenters. The summed E-state index contributed by atoms with van der Waals surface area (Å²) in [5.74, 6) is -2.41. The second kappa shape index (κ2) is 25.5. The van der Waals surface area contributed by atoms with Gasteiger partial charge in [-0.05, 0) is 147 Å². The Kier molecular flexibility index (Phi) is 19.0. The van der Waals surface area contributed by atoms with Gasteiger partial charge in [0.1, 0.15) is 24.2 Å². The number of anilines is 1. The predicted octanol–water partition coefficient (Wildman–Crippen LogP) is 6.57. The Morgan fingerprint density at radius 2 is 1.15 bits per heavy atom. The highest BCUT2D eigenvalue weighted by molar-refractivity contribution is 6.31. The maximum atomic E-state index is 14.9. The van der Waals surface area contributed by atoms with E-state index in [1.54, 1.807) is 51.0 Å². The molecule has 4 aromatic rings. The predicted molar refractivity (Wildman–Crippen MR) is 315 cm³/mol. The lowest BCUT2D eigenvalue weighted by atomic mass is 9.83. The van der Waals surface area contributed by atoms with Gasteiger partial charge in [0, 0.05) is 48.4 Å². The third kappa shape index (κ3) is 14.1. The first kappa shape index (κ1) is 60.3. The largest absolute Gasteiger partial charge is 0.381 e. The SMILES string of the molecule is CNC(C)C(=O)NC(C(=O)N1CC(NC(=O)c2ccc(CNc3ccc4c(c3)CN(C(=O)C(NC(=O)[C@H](C)NC)C(C)(C)C)C(C(=O)NC3CCCc5ccccc53)C4)c(Cl)c2)CC1C(=O)NC1CCCc2ccccc21)C(C)(C)C. The zero-order valence-electron chi connectivity index (χ0n) is 48.7. The molecular formula is C63H83ClN10O7. The minimum Gasteiger partial charge on any atom is -0.381 e. The van der Waals surface area contributed by atoms with Gasteiger partial charge in [0.05, 0.1) is 24.2 Å². The van der Waals surface area contributed by atoms with Gasteiger partial charge in [0.15, 0.2) is 0 Å². The number of carbonyl (C=O) groups excluding carboxylic acids is 7. The first-order valence-corrected chi connectivity index (χ1v) is 29.1. The zero-order valence-corrected chi connectivity index (χ0v) is 49.4. The fourth-order valence-electron chi connectivity index (χ4n) is 11.7. The summed E-state index contributed by atoms with van der Waals surface area (Å²) < 4.78 is 0. The number of nitrogens with one attached hydrogen (secondary N) is 8. The molecule has 0 spiro atoms. The lowest BCUT2D eigenvalue weighted by molar-refractivity contribution is -0.147. The monoisotopic (exact) mass is 1130 g/mol. The van der Waals surface area contributed by atoms with Crippen LogP contribution in [0.15, 0.2) is 84.9 Å². The van der Waals surface area contributed by atoms with Crippen LogP contribution in [0.3, 0.4) is 0 Å². The molecule has 0 aromatic heterocycles. The van der Waals surface area contributed by atoms with Crippen LogP contribution in [0.25, 0.3) is 0 Å². The van der Waals surface area contributed by atoms with Crippen LogP contribution < -0.4 is 42.5 Å². The number of rotatable bonds is 17. The molecule has 0 bridgehead atoms. The number of likely N-dealkylation sites (tertiary alicyclic amines) is 1. The number of hydrogen-bond donors (Lipinski definition) is 8. The first-order valence-electron chi connectivity index (χ1n) is 28.7. The van der Waals surface area contributed by atoms with Crippen LogP contribution >= 0.6 is 11.6 Å². The van der Waals surface area contributed by atoms with Crippen molar-refractivity contribution >= 4 is 58.6 Å². The van der Waals surface area contributed by atoms with E-state index in [9.17, 15) is 33.6 Å². The minimum absolute atomic E-state index is 0.0450. The van der Waals surface area contributed by atoms with E-state index >= 15 is 0 Å². The van der Waals surface area contributed by atoms with E-state index in [0.29, 0.717) is 22.7 Å². The van der Waals surface area contributed by atoms with Gasteiger partial charge < -0.3 is 52.3 Å². The van der Waals surface area contributed by atoms with Crippen LogP contribution in [0.5, 0.6) is 0 Å². The van der Waals surface area contributed by atoms with E-state index in [1.807, 2.05) is 90.1 Å². The first-order chi connectivity index (χ1) is 38.4. The molecule has 8 unspecified atom stereocenters. The van der Waals surface area contributed by atoms with Crippen molar-refractivity contribution in [2.75, 3.05) is 26.0 Å². The number of nitrogens with zero attached hydrogens (tertiary/aromatic N) is 2. The number of aryl methyl sites for hydroxylation is 2. The van der Waals surface area contributed by atoms with Gasteiger partial charge in [-0.1, -0.05) is 114 Å².